The topological polar surface area (TPSA) is 105 Å². The lowest BCUT2D eigenvalue weighted by Crippen LogP contribution is -2.49. The highest BCUT2D eigenvalue weighted by Crippen LogP contribution is 2.29. The Bertz CT molecular complexity index is 1210. The predicted molar refractivity (Wildman–Crippen MR) is 142 cm³/mol. The minimum Gasteiger partial charge on any atom is -0.339 e. The molecule has 0 radical (unpaired) electrons. The van der Waals surface area contributed by atoms with Gasteiger partial charge >= 0.3 is 0 Å². The van der Waals surface area contributed by atoms with Gasteiger partial charge in [0, 0.05) is 23.1 Å². The van der Waals surface area contributed by atoms with Crippen molar-refractivity contribution in [3.63, 3.8) is 0 Å². The molecule has 1 saturated carbocycles. The number of carbonyl (C=O) groups excluding carboxylic acids is 2. The molecule has 188 valence electrons. The van der Waals surface area contributed by atoms with Crippen LogP contribution in [0.2, 0.25) is 0 Å². The minimum atomic E-state index is -0.648. The lowest BCUT2D eigenvalue weighted by Gasteiger charge is -2.30. The molecular formula is C28H34N6O2. The Kier molecular flexibility index (Phi) is 7.83. The molecular weight excluding hydrogens is 452 g/mol. The molecule has 8 nitrogen and oxygen atoms in total. The first kappa shape index (κ1) is 25.2. The maximum absolute atomic E-state index is 13.5. The van der Waals surface area contributed by atoms with E-state index in [9.17, 15) is 9.59 Å². The number of benzene rings is 1. The predicted octanol–water partition coefficient (Wildman–Crippen LogP) is 5.12. The normalized spacial score (nSPS) is 14.9. The van der Waals surface area contributed by atoms with Crippen LogP contribution in [-0.2, 0) is 4.79 Å². The van der Waals surface area contributed by atoms with E-state index in [0.29, 0.717) is 11.4 Å². The number of allylic oxidation sites excluding steroid dienone is 2. The molecule has 2 amide bonds. The summed E-state index contributed by atoms with van der Waals surface area (Å²) in [5.41, 5.74) is 5.07. The second kappa shape index (κ2) is 11.2. The Balaban J connectivity index is 1.53. The Morgan fingerprint density at radius 2 is 1.78 bits per heavy atom. The number of nitrogens with zero attached hydrogens (tertiary/aromatic N) is 3. The van der Waals surface area contributed by atoms with Crippen LogP contribution in [0.4, 0.5) is 5.69 Å². The van der Waals surface area contributed by atoms with Crippen molar-refractivity contribution in [1.82, 2.24) is 25.3 Å². The average molecular weight is 487 g/mol. The van der Waals surface area contributed by atoms with Gasteiger partial charge in [0.15, 0.2) is 0 Å². The molecule has 0 unspecified atom stereocenters. The van der Waals surface area contributed by atoms with Gasteiger partial charge < -0.3 is 10.6 Å². The smallest absolute Gasteiger partial charge is 0.270 e. The van der Waals surface area contributed by atoms with E-state index in [1.165, 1.54) is 0 Å². The van der Waals surface area contributed by atoms with Crippen molar-refractivity contribution in [2.24, 2.45) is 5.92 Å². The molecule has 2 aromatic heterocycles. The summed E-state index contributed by atoms with van der Waals surface area (Å²) in [6.07, 6.45) is 9.95. The van der Waals surface area contributed by atoms with Crippen molar-refractivity contribution in [2.75, 3.05) is 5.32 Å². The average Bonchev–Trinajstić information content (AvgIpc) is 3.51. The number of aromatic nitrogens is 4. The molecule has 1 aliphatic carbocycles. The number of aryl methyl sites for hydroxylation is 2. The Morgan fingerprint density at radius 3 is 2.39 bits per heavy atom. The fourth-order valence-corrected chi connectivity index (χ4v) is 5.02. The summed E-state index contributed by atoms with van der Waals surface area (Å²) < 4.78 is 1.56. The van der Waals surface area contributed by atoms with E-state index in [4.69, 9.17) is 0 Å². The molecule has 0 aliphatic heterocycles. The lowest BCUT2D eigenvalue weighted by atomic mass is 9.83. The van der Waals surface area contributed by atoms with Crippen molar-refractivity contribution < 1.29 is 9.59 Å². The van der Waals surface area contributed by atoms with Crippen LogP contribution in [0.1, 0.15) is 60.0 Å². The maximum Gasteiger partial charge on any atom is 0.270 e. The molecule has 8 heteroatoms. The number of hydrogen-bond donors (Lipinski definition) is 3. The number of rotatable bonds is 9. The number of carbonyl (C=O) groups is 2. The van der Waals surface area contributed by atoms with E-state index in [2.05, 4.69) is 39.1 Å². The van der Waals surface area contributed by atoms with Crippen LogP contribution in [0.15, 0.2) is 61.8 Å². The largest absolute Gasteiger partial charge is 0.339 e. The highest BCUT2D eigenvalue weighted by atomic mass is 16.2. The molecule has 1 aliphatic rings. The number of aromatic amines is 1. The molecule has 36 heavy (non-hydrogen) atoms. The van der Waals surface area contributed by atoms with E-state index < -0.39 is 6.04 Å². The summed E-state index contributed by atoms with van der Waals surface area (Å²) in [5, 5.41) is 17.6. The molecule has 1 aromatic carbocycles. The zero-order valence-corrected chi connectivity index (χ0v) is 21.0. The van der Waals surface area contributed by atoms with Crippen LogP contribution in [0.5, 0.6) is 0 Å². The summed E-state index contributed by atoms with van der Waals surface area (Å²) in [5.74, 6) is -0.480. The number of amides is 2. The van der Waals surface area contributed by atoms with Gasteiger partial charge in [-0.3, -0.25) is 14.7 Å². The summed E-state index contributed by atoms with van der Waals surface area (Å²) in [4.78, 5) is 26.8. The van der Waals surface area contributed by atoms with Crippen LogP contribution in [0.25, 0.3) is 11.1 Å². The molecule has 3 aromatic rings. The van der Waals surface area contributed by atoms with Crippen LogP contribution in [-0.4, -0.2) is 37.8 Å². The quantitative estimate of drug-likeness (QED) is 0.365. The highest BCUT2D eigenvalue weighted by molar-refractivity contribution is 6.00. The number of nitrogens with one attached hydrogen (secondary N) is 3. The van der Waals surface area contributed by atoms with Gasteiger partial charge in [-0.25, -0.2) is 4.68 Å². The van der Waals surface area contributed by atoms with E-state index in [1.807, 2.05) is 38.1 Å². The molecule has 2 heterocycles. The van der Waals surface area contributed by atoms with Crippen molar-refractivity contribution in [2.45, 2.75) is 58.0 Å². The highest BCUT2D eigenvalue weighted by Gasteiger charge is 2.32. The molecule has 0 saturated heterocycles. The van der Waals surface area contributed by atoms with E-state index >= 15 is 0 Å². The summed E-state index contributed by atoms with van der Waals surface area (Å²) in [7, 11) is 0. The van der Waals surface area contributed by atoms with E-state index in [-0.39, 0.29) is 23.8 Å². The second-order valence-electron chi connectivity index (χ2n) is 9.35. The van der Waals surface area contributed by atoms with Gasteiger partial charge in [0.05, 0.1) is 11.7 Å². The van der Waals surface area contributed by atoms with Gasteiger partial charge in [-0.2, -0.15) is 10.2 Å². The van der Waals surface area contributed by atoms with Gasteiger partial charge in [0.2, 0.25) is 5.91 Å². The van der Waals surface area contributed by atoms with Crippen molar-refractivity contribution >= 4 is 17.5 Å². The first-order valence-corrected chi connectivity index (χ1v) is 12.4. The van der Waals surface area contributed by atoms with Crippen molar-refractivity contribution in [3.05, 3.63) is 78.9 Å². The van der Waals surface area contributed by atoms with E-state index in [0.717, 1.165) is 54.6 Å². The Morgan fingerprint density at radius 1 is 1.08 bits per heavy atom. The fourth-order valence-electron chi connectivity index (χ4n) is 5.02. The first-order valence-electron chi connectivity index (χ1n) is 12.4. The summed E-state index contributed by atoms with van der Waals surface area (Å²) >= 11 is 0. The van der Waals surface area contributed by atoms with Crippen molar-refractivity contribution in [3.8, 4) is 11.1 Å². The third kappa shape index (κ3) is 5.32. The molecule has 1 fully saturated rings. The van der Waals surface area contributed by atoms with Gasteiger partial charge in [-0.05, 0) is 56.4 Å². The Hall–Kier alpha value is -3.94. The SMILES string of the molecule is C=CC(C=C)n1nccc1C(=O)N[C@H](C(=O)Nc1ccc(-c2c(C)n[nH]c2C)cc1)C1CCCCC1. The number of anilines is 1. The number of H-pyrrole nitrogens is 1. The lowest BCUT2D eigenvalue weighted by molar-refractivity contribution is -0.119. The fraction of sp³-hybridized carbons (Fsp3) is 0.357. The van der Waals surface area contributed by atoms with Gasteiger partial charge in [0.1, 0.15) is 11.7 Å². The minimum absolute atomic E-state index is 0.0733. The van der Waals surface area contributed by atoms with Gasteiger partial charge in [-0.1, -0.05) is 43.5 Å². The second-order valence-corrected chi connectivity index (χ2v) is 9.35. The third-order valence-corrected chi connectivity index (χ3v) is 6.93. The molecule has 4 rings (SSSR count). The zero-order chi connectivity index (χ0) is 25.7. The standard InChI is InChI=1S/C28H34N6O2/c1-5-23(6-2)34-24(16-17-29-34)27(35)31-26(21-10-8-7-9-11-21)28(36)30-22-14-12-20(13-15-22)25-18(3)32-33-19(25)4/h5-6,12-17,21,23,26H,1-2,7-11H2,3-4H3,(H,30,36)(H,31,35)(H,32,33)/t26-/m0/s1. The van der Waals surface area contributed by atoms with E-state index in [1.54, 1.807) is 29.1 Å². The number of hydrogen-bond acceptors (Lipinski definition) is 4. The monoisotopic (exact) mass is 486 g/mol. The zero-order valence-electron chi connectivity index (χ0n) is 21.0. The maximum atomic E-state index is 13.5. The van der Waals surface area contributed by atoms with Crippen LogP contribution >= 0.6 is 0 Å². The summed E-state index contributed by atoms with van der Waals surface area (Å²) in [6, 6.07) is 8.38. The first-order chi connectivity index (χ1) is 17.4. The molecule has 3 N–H and O–H groups in total. The molecule has 1 atom stereocenters. The van der Waals surface area contributed by atoms with Gasteiger partial charge in [0.25, 0.3) is 5.91 Å². The molecule has 0 bridgehead atoms. The Labute approximate surface area is 211 Å². The van der Waals surface area contributed by atoms with Crippen molar-refractivity contribution in [1.29, 1.82) is 0 Å². The summed E-state index contributed by atoms with van der Waals surface area (Å²) in [6.45, 7) is 11.5. The van der Waals surface area contributed by atoms with Crippen LogP contribution in [0.3, 0.4) is 0 Å². The van der Waals surface area contributed by atoms with Crippen LogP contribution < -0.4 is 10.6 Å². The third-order valence-electron chi connectivity index (χ3n) is 6.93. The van der Waals surface area contributed by atoms with Gasteiger partial charge in [-0.15, -0.1) is 13.2 Å². The molecule has 0 spiro atoms. The van der Waals surface area contributed by atoms with Crippen LogP contribution in [0, 0.1) is 19.8 Å².